The molecule has 0 aliphatic rings. The molecular weight excluding hydrogens is 378 g/mol. The summed E-state index contributed by atoms with van der Waals surface area (Å²) >= 11 is 0. The zero-order chi connectivity index (χ0) is 20.5. The monoisotopic (exact) mass is 403 g/mol. The highest BCUT2D eigenvalue weighted by atomic mass is 32.2. The molecular formula is C20H25N3O4S. The van der Waals surface area contributed by atoms with Gasteiger partial charge in [0.15, 0.2) is 0 Å². The first-order valence-corrected chi connectivity index (χ1v) is 10.4. The van der Waals surface area contributed by atoms with E-state index in [-0.39, 0.29) is 11.4 Å². The maximum absolute atomic E-state index is 13.0. The summed E-state index contributed by atoms with van der Waals surface area (Å²) in [5, 5.41) is 4.50. The Kier molecular flexibility index (Phi) is 5.62. The fourth-order valence-corrected chi connectivity index (χ4v) is 4.42. The lowest BCUT2D eigenvalue weighted by Gasteiger charge is -2.19. The number of hydrogen-bond acceptors (Lipinski definition) is 5. The van der Waals surface area contributed by atoms with Crippen molar-refractivity contribution >= 4 is 10.0 Å². The third-order valence-electron chi connectivity index (χ3n) is 4.75. The number of aryl methyl sites for hydroxylation is 4. The molecule has 7 nitrogen and oxygen atoms in total. The summed E-state index contributed by atoms with van der Waals surface area (Å²) in [6.07, 6.45) is 1.56. The van der Waals surface area contributed by atoms with Crippen LogP contribution < -0.4 is 9.46 Å². The second-order valence-corrected chi connectivity index (χ2v) is 8.58. The van der Waals surface area contributed by atoms with Crippen LogP contribution in [0.4, 0.5) is 0 Å². The zero-order valence-corrected chi connectivity index (χ0v) is 17.5. The Labute approximate surface area is 165 Å². The summed E-state index contributed by atoms with van der Waals surface area (Å²) in [5.74, 6) is 0.942. The third-order valence-corrected chi connectivity index (χ3v) is 6.19. The van der Waals surface area contributed by atoms with Crippen LogP contribution in [0.1, 0.15) is 34.3 Å². The predicted octanol–water partition coefficient (Wildman–Crippen LogP) is 3.29. The van der Waals surface area contributed by atoms with Gasteiger partial charge in [-0.3, -0.25) is 4.68 Å². The van der Waals surface area contributed by atoms with Crippen LogP contribution in [-0.2, 0) is 10.0 Å². The van der Waals surface area contributed by atoms with E-state index in [0.717, 1.165) is 22.5 Å². The molecule has 3 rings (SSSR count). The van der Waals surface area contributed by atoms with Crippen LogP contribution in [0.15, 0.2) is 45.9 Å². The van der Waals surface area contributed by atoms with Gasteiger partial charge in [0.05, 0.1) is 19.1 Å². The van der Waals surface area contributed by atoms with Crippen LogP contribution in [0.3, 0.4) is 0 Å². The lowest BCUT2D eigenvalue weighted by Crippen LogP contribution is -2.32. The average Bonchev–Trinajstić information content (AvgIpc) is 3.27. The minimum Gasteiger partial charge on any atom is -0.495 e. The number of benzene rings is 1. The smallest absolute Gasteiger partial charge is 0.244 e. The largest absolute Gasteiger partial charge is 0.495 e. The standard InChI is InChI=1S/C20H25N3O4S/c1-13-9-19(26-5)20(10-14(13)2)28(24,25)21-12-17(18-7-6-8-27-18)23-16(4)11-15(3)22-23/h6-11,17,21H,12H2,1-5H3. The number of furan rings is 1. The normalized spacial score (nSPS) is 12.9. The zero-order valence-electron chi connectivity index (χ0n) is 16.7. The van der Waals surface area contributed by atoms with Crippen molar-refractivity contribution in [2.45, 2.75) is 38.6 Å². The molecule has 0 saturated carbocycles. The summed E-state index contributed by atoms with van der Waals surface area (Å²) < 4.78 is 41.3. The van der Waals surface area contributed by atoms with Crippen molar-refractivity contribution < 1.29 is 17.6 Å². The van der Waals surface area contributed by atoms with E-state index in [1.54, 1.807) is 29.1 Å². The van der Waals surface area contributed by atoms with Crippen molar-refractivity contribution in [1.82, 2.24) is 14.5 Å². The predicted molar refractivity (Wildman–Crippen MR) is 106 cm³/mol. The van der Waals surface area contributed by atoms with Gasteiger partial charge >= 0.3 is 0 Å². The molecule has 1 aromatic carbocycles. The number of nitrogens with one attached hydrogen (secondary N) is 1. The second kappa shape index (κ2) is 7.81. The van der Waals surface area contributed by atoms with Gasteiger partial charge in [0.2, 0.25) is 10.0 Å². The Morgan fingerprint density at radius 1 is 1.18 bits per heavy atom. The van der Waals surface area contributed by atoms with Gasteiger partial charge < -0.3 is 9.15 Å². The number of nitrogens with zero attached hydrogens (tertiary/aromatic N) is 2. The highest BCUT2D eigenvalue weighted by Gasteiger charge is 2.25. The van der Waals surface area contributed by atoms with E-state index >= 15 is 0 Å². The maximum atomic E-state index is 13.0. The molecule has 28 heavy (non-hydrogen) atoms. The molecule has 1 atom stereocenters. The average molecular weight is 404 g/mol. The first kappa shape index (κ1) is 20.2. The van der Waals surface area contributed by atoms with Crippen LogP contribution in [0, 0.1) is 27.7 Å². The minimum absolute atomic E-state index is 0.0912. The van der Waals surface area contributed by atoms with E-state index in [0.29, 0.717) is 11.5 Å². The Bertz CT molecular complexity index is 1070. The summed E-state index contributed by atoms with van der Waals surface area (Å²) in [6.45, 7) is 7.70. The molecule has 3 aromatic rings. The highest BCUT2D eigenvalue weighted by molar-refractivity contribution is 7.89. The van der Waals surface area contributed by atoms with E-state index in [4.69, 9.17) is 9.15 Å². The van der Waals surface area contributed by atoms with Crippen molar-refractivity contribution in [3.8, 4) is 5.75 Å². The van der Waals surface area contributed by atoms with Crippen molar-refractivity contribution in [3.63, 3.8) is 0 Å². The Balaban J connectivity index is 1.93. The molecule has 0 bridgehead atoms. The molecule has 0 aliphatic heterocycles. The molecule has 2 aromatic heterocycles. The molecule has 1 N–H and O–H groups in total. The lowest BCUT2D eigenvalue weighted by atomic mass is 10.1. The maximum Gasteiger partial charge on any atom is 0.244 e. The minimum atomic E-state index is -3.80. The number of methoxy groups -OCH3 is 1. The number of sulfonamides is 1. The molecule has 1 unspecified atom stereocenters. The first-order chi connectivity index (χ1) is 13.2. The molecule has 0 spiro atoms. The molecule has 0 saturated heterocycles. The summed E-state index contributed by atoms with van der Waals surface area (Å²) in [4.78, 5) is 0.115. The molecule has 0 aliphatic carbocycles. The van der Waals surface area contributed by atoms with Crippen molar-refractivity contribution in [3.05, 3.63) is 64.9 Å². The quantitative estimate of drug-likeness (QED) is 0.654. The van der Waals surface area contributed by atoms with Crippen molar-refractivity contribution in [2.24, 2.45) is 0 Å². The molecule has 8 heteroatoms. The van der Waals surface area contributed by atoms with Crippen LogP contribution in [0.2, 0.25) is 0 Å². The van der Waals surface area contributed by atoms with Gasteiger partial charge in [0.25, 0.3) is 0 Å². The fraction of sp³-hybridized carbons (Fsp3) is 0.350. The number of rotatable bonds is 7. The summed E-state index contributed by atoms with van der Waals surface area (Å²) in [5.41, 5.74) is 3.61. The first-order valence-electron chi connectivity index (χ1n) is 8.94. The Morgan fingerprint density at radius 2 is 1.89 bits per heavy atom. The molecule has 150 valence electrons. The van der Waals surface area contributed by atoms with Gasteiger partial charge in [-0.25, -0.2) is 13.1 Å². The Morgan fingerprint density at radius 3 is 2.46 bits per heavy atom. The van der Waals surface area contributed by atoms with Crippen LogP contribution in [0.5, 0.6) is 5.75 Å². The van der Waals surface area contributed by atoms with E-state index in [1.165, 1.54) is 7.11 Å². The van der Waals surface area contributed by atoms with Gasteiger partial charge in [0, 0.05) is 12.2 Å². The third kappa shape index (κ3) is 3.98. The van der Waals surface area contributed by atoms with Crippen LogP contribution in [0.25, 0.3) is 0 Å². The van der Waals surface area contributed by atoms with Gasteiger partial charge in [-0.05, 0) is 69.2 Å². The van der Waals surface area contributed by atoms with Crippen molar-refractivity contribution in [1.29, 1.82) is 0 Å². The van der Waals surface area contributed by atoms with E-state index in [2.05, 4.69) is 9.82 Å². The second-order valence-electron chi connectivity index (χ2n) is 6.84. The lowest BCUT2D eigenvalue weighted by molar-refractivity contribution is 0.393. The van der Waals surface area contributed by atoms with E-state index < -0.39 is 16.1 Å². The van der Waals surface area contributed by atoms with Gasteiger partial charge in [0.1, 0.15) is 22.4 Å². The number of aromatic nitrogens is 2. The van der Waals surface area contributed by atoms with Crippen LogP contribution in [-0.4, -0.2) is 31.9 Å². The molecule has 0 amide bonds. The van der Waals surface area contributed by atoms with Crippen LogP contribution >= 0.6 is 0 Å². The van der Waals surface area contributed by atoms with E-state index in [9.17, 15) is 8.42 Å². The SMILES string of the molecule is COc1cc(C)c(C)cc1S(=O)(=O)NCC(c1ccco1)n1nc(C)cc1C. The Hall–Kier alpha value is -2.58. The summed E-state index contributed by atoms with van der Waals surface area (Å²) in [6, 6.07) is 8.48. The van der Waals surface area contributed by atoms with Gasteiger partial charge in [-0.1, -0.05) is 0 Å². The number of ether oxygens (including phenoxy) is 1. The van der Waals surface area contributed by atoms with Crippen molar-refractivity contribution in [2.75, 3.05) is 13.7 Å². The highest BCUT2D eigenvalue weighted by Crippen LogP contribution is 2.28. The molecule has 0 radical (unpaired) electrons. The van der Waals surface area contributed by atoms with Gasteiger partial charge in [-0.15, -0.1) is 0 Å². The topological polar surface area (TPSA) is 86.4 Å². The van der Waals surface area contributed by atoms with E-state index in [1.807, 2.05) is 39.8 Å². The summed E-state index contributed by atoms with van der Waals surface area (Å²) in [7, 11) is -2.34. The molecule has 2 heterocycles. The molecule has 0 fully saturated rings. The van der Waals surface area contributed by atoms with Gasteiger partial charge in [-0.2, -0.15) is 5.10 Å². The fourth-order valence-electron chi connectivity index (χ4n) is 3.15. The number of hydrogen-bond donors (Lipinski definition) is 1.